The standard InChI is InChI=1S/C24H17F4N3O6S2/c1-31(39(34,35)16-8-2-13(25)3-9-16)14-4-6-15(7-5-14)36-12-20(33)37-11-19(32)29-24-30-23-18(38-24)10-17(26)21(27)22(23)28/h2-10H,11-12H2,1H3,(H,29,30,32). The number of carbonyl (C=O) groups excluding carboxylic acids is 2. The lowest BCUT2D eigenvalue weighted by molar-refractivity contribution is -0.149. The van der Waals surface area contributed by atoms with Crippen molar-refractivity contribution in [2.75, 3.05) is 29.9 Å². The lowest BCUT2D eigenvalue weighted by Gasteiger charge is -2.19. The van der Waals surface area contributed by atoms with Gasteiger partial charge in [0.1, 0.15) is 17.1 Å². The van der Waals surface area contributed by atoms with Crippen LogP contribution in [0, 0.1) is 23.3 Å². The number of nitrogens with zero attached hydrogens (tertiary/aromatic N) is 2. The van der Waals surface area contributed by atoms with Crippen LogP contribution in [0.2, 0.25) is 0 Å². The second-order valence-corrected chi connectivity index (χ2v) is 10.8. The molecule has 15 heteroatoms. The Morgan fingerprint density at radius 1 is 0.974 bits per heavy atom. The molecule has 4 aromatic rings. The first-order valence-electron chi connectivity index (χ1n) is 10.8. The van der Waals surface area contributed by atoms with E-state index in [0.29, 0.717) is 11.3 Å². The topological polar surface area (TPSA) is 115 Å². The molecule has 0 fully saturated rings. The molecule has 0 atom stereocenters. The third-order valence-corrected chi connectivity index (χ3v) is 7.88. The molecule has 39 heavy (non-hydrogen) atoms. The highest BCUT2D eigenvalue weighted by atomic mass is 32.2. The average molecular weight is 584 g/mol. The Labute approximate surface area is 222 Å². The molecule has 0 aliphatic carbocycles. The van der Waals surface area contributed by atoms with Crippen LogP contribution in [0.5, 0.6) is 5.75 Å². The molecule has 0 unspecified atom stereocenters. The maximum atomic E-state index is 13.8. The Bertz CT molecular complexity index is 1650. The highest BCUT2D eigenvalue weighted by Gasteiger charge is 2.22. The number of amides is 1. The van der Waals surface area contributed by atoms with Gasteiger partial charge in [0.15, 0.2) is 35.8 Å². The SMILES string of the molecule is CN(c1ccc(OCC(=O)OCC(=O)Nc2nc3c(F)c(F)c(F)cc3s2)cc1)S(=O)(=O)c1ccc(F)cc1. The summed E-state index contributed by atoms with van der Waals surface area (Å²) in [4.78, 5) is 27.5. The van der Waals surface area contributed by atoms with Crippen LogP contribution in [0.3, 0.4) is 0 Å². The number of sulfonamides is 1. The summed E-state index contributed by atoms with van der Waals surface area (Å²) in [7, 11) is -2.62. The van der Waals surface area contributed by atoms with E-state index in [-0.39, 0.29) is 26.2 Å². The highest BCUT2D eigenvalue weighted by molar-refractivity contribution is 7.92. The zero-order valence-electron chi connectivity index (χ0n) is 19.8. The number of ether oxygens (including phenoxy) is 2. The fraction of sp³-hybridized carbons (Fsp3) is 0.125. The van der Waals surface area contributed by atoms with Gasteiger partial charge < -0.3 is 9.47 Å². The number of esters is 1. The summed E-state index contributed by atoms with van der Waals surface area (Å²) in [5.41, 5.74) is -0.184. The van der Waals surface area contributed by atoms with Crippen LogP contribution in [-0.2, 0) is 24.3 Å². The molecule has 1 amide bonds. The van der Waals surface area contributed by atoms with Crippen LogP contribution >= 0.6 is 11.3 Å². The minimum atomic E-state index is -3.94. The van der Waals surface area contributed by atoms with Crippen molar-refractivity contribution >= 4 is 54.3 Å². The van der Waals surface area contributed by atoms with Gasteiger partial charge in [-0.1, -0.05) is 11.3 Å². The molecule has 9 nitrogen and oxygen atoms in total. The number of rotatable bonds is 9. The number of aromatic nitrogens is 1. The molecule has 0 saturated heterocycles. The minimum Gasteiger partial charge on any atom is -0.482 e. The van der Waals surface area contributed by atoms with Gasteiger partial charge in [-0.05, 0) is 54.6 Å². The first-order valence-corrected chi connectivity index (χ1v) is 13.1. The van der Waals surface area contributed by atoms with Crippen molar-refractivity contribution in [3.8, 4) is 5.75 Å². The maximum Gasteiger partial charge on any atom is 0.344 e. The van der Waals surface area contributed by atoms with Gasteiger partial charge in [0.2, 0.25) is 0 Å². The highest BCUT2D eigenvalue weighted by Crippen LogP contribution is 2.30. The Hall–Kier alpha value is -4.24. The maximum absolute atomic E-state index is 13.8. The van der Waals surface area contributed by atoms with E-state index in [9.17, 15) is 35.6 Å². The van der Waals surface area contributed by atoms with E-state index in [4.69, 9.17) is 9.47 Å². The fourth-order valence-corrected chi connectivity index (χ4v) is 5.27. The summed E-state index contributed by atoms with van der Waals surface area (Å²) >= 11 is 0.697. The molecule has 3 aromatic carbocycles. The summed E-state index contributed by atoms with van der Waals surface area (Å²) in [6, 6.07) is 10.8. The molecule has 0 bridgehead atoms. The molecular formula is C24H17F4N3O6S2. The van der Waals surface area contributed by atoms with Crippen LogP contribution in [0.4, 0.5) is 28.4 Å². The van der Waals surface area contributed by atoms with E-state index in [1.165, 1.54) is 31.3 Å². The van der Waals surface area contributed by atoms with E-state index < -0.39 is 63.9 Å². The summed E-state index contributed by atoms with van der Waals surface area (Å²) in [6.45, 7) is -1.32. The molecule has 4 rings (SSSR count). The first-order chi connectivity index (χ1) is 18.5. The van der Waals surface area contributed by atoms with Gasteiger partial charge in [-0.25, -0.2) is 35.8 Å². The van der Waals surface area contributed by atoms with Crippen LogP contribution in [0.15, 0.2) is 59.5 Å². The van der Waals surface area contributed by atoms with Crippen LogP contribution in [0.25, 0.3) is 10.2 Å². The van der Waals surface area contributed by atoms with Crippen molar-refractivity contribution in [3.05, 3.63) is 77.9 Å². The predicted molar refractivity (Wildman–Crippen MR) is 133 cm³/mol. The van der Waals surface area contributed by atoms with Crippen molar-refractivity contribution in [1.29, 1.82) is 0 Å². The predicted octanol–water partition coefficient (Wildman–Crippen LogP) is 4.24. The Morgan fingerprint density at radius 3 is 2.31 bits per heavy atom. The number of halogens is 4. The minimum absolute atomic E-state index is 0.0302. The van der Waals surface area contributed by atoms with E-state index in [0.717, 1.165) is 34.6 Å². The third kappa shape index (κ3) is 6.26. The smallest absolute Gasteiger partial charge is 0.344 e. The quantitative estimate of drug-likeness (QED) is 0.178. The number of benzene rings is 3. The van der Waals surface area contributed by atoms with E-state index in [2.05, 4.69) is 10.3 Å². The molecule has 204 valence electrons. The van der Waals surface area contributed by atoms with Gasteiger partial charge >= 0.3 is 5.97 Å². The number of fused-ring (bicyclic) bond motifs is 1. The summed E-state index contributed by atoms with van der Waals surface area (Å²) in [6.07, 6.45) is 0. The van der Waals surface area contributed by atoms with Crippen LogP contribution in [0.1, 0.15) is 0 Å². The Balaban J connectivity index is 1.27. The van der Waals surface area contributed by atoms with E-state index >= 15 is 0 Å². The average Bonchev–Trinajstić information content (AvgIpc) is 3.31. The van der Waals surface area contributed by atoms with Gasteiger partial charge in [-0.2, -0.15) is 0 Å². The second kappa shape index (κ2) is 11.2. The Morgan fingerprint density at radius 2 is 1.64 bits per heavy atom. The number of carbonyl (C=O) groups is 2. The summed E-state index contributed by atoms with van der Waals surface area (Å²) in [5, 5.41) is 2.08. The van der Waals surface area contributed by atoms with Gasteiger partial charge in [0, 0.05) is 7.05 Å². The molecule has 0 radical (unpaired) electrons. The number of nitrogens with one attached hydrogen (secondary N) is 1. The van der Waals surface area contributed by atoms with Crippen molar-refractivity contribution in [1.82, 2.24) is 4.98 Å². The van der Waals surface area contributed by atoms with Gasteiger partial charge in [0.25, 0.3) is 15.9 Å². The molecular weight excluding hydrogens is 566 g/mol. The normalized spacial score (nSPS) is 11.3. The number of anilines is 2. The monoisotopic (exact) mass is 583 g/mol. The van der Waals surface area contributed by atoms with Gasteiger partial charge in [-0.15, -0.1) is 0 Å². The van der Waals surface area contributed by atoms with Crippen molar-refractivity contribution in [2.45, 2.75) is 4.90 Å². The Kier molecular flexibility index (Phi) is 8.01. The largest absolute Gasteiger partial charge is 0.482 e. The van der Waals surface area contributed by atoms with Gasteiger partial charge in [-0.3, -0.25) is 14.4 Å². The van der Waals surface area contributed by atoms with E-state index in [1.807, 2.05) is 0 Å². The lowest BCUT2D eigenvalue weighted by atomic mass is 10.3. The number of hydrogen-bond donors (Lipinski definition) is 1. The molecule has 0 aliphatic rings. The van der Waals surface area contributed by atoms with Crippen molar-refractivity contribution in [3.63, 3.8) is 0 Å². The number of thiazole rings is 1. The van der Waals surface area contributed by atoms with Crippen LogP contribution < -0.4 is 14.4 Å². The zero-order chi connectivity index (χ0) is 28.3. The lowest BCUT2D eigenvalue weighted by Crippen LogP contribution is -2.26. The molecule has 1 aromatic heterocycles. The zero-order valence-corrected chi connectivity index (χ0v) is 21.4. The molecule has 1 N–H and O–H groups in total. The van der Waals surface area contributed by atoms with Gasteiger partial charge in [0.05, 0.1) is 15.3 Å². The molecule has 0 saturated carbocycles. The molecule has 1 heterocycles. The van der Waals surface area contributed by atoms with Crippen molar-refractivity contribution in [2.24, 2.45) is 0 Å². The second-order valence-electron chi connectivity index (χ2n) is 7.77. The molecule has 0 aliphatic heterocycles. The summed E-state index contributed by atoms with van der Waals surface area (Å²) < 4.78 is 90.0. The van der Waals surface area contributed by atoms with E-state index in [1.54, 1.807) is 0 Å². The molecule has 0 spiro atoms. The summed E-state index contributed by atoms with van der Waals surface area (Å²) in [5.74, 6) is -6.69. The fourth-order valence-electron chi connectivity index (χ4n) is 3.17. The third-order valence-electron chi connectivity index (χ3n) is 5.16. The van der Waals surface area contributed by atoms with Crippen LogP contribution in [-0.4, -0.2) is 45.5 Å². The first kappa shape index (κ1) is 27.8. The van der Waals surface area contributed by atoms with Crippen molar-refractivity contribution < 1.29 is 45.0 Å². The number of hydrogen-bond acceptors (Lipinski definition) is 8.